The normalized spacial score (nSPS) is 13.0. The zero-order valence-corrected chi connectivity index (χ0v) is 13.7. The summed E-state index contributed by atoms with van der Waals surface area (Å²) in [6.07, 6.45) is -1.51. The highest BCUT2D eigenvalue weighted by Crippen LogP contribution is 2.15. The Morgan fingerprint density at radius 3 is 2.29 bits per heavy atom. The second kappa shape index (κ2) is 8.26. The van der Waals surface area contributed by atoms with Gasteiger partial charge < -0.3 is 15.2 Å². The first-order valence-corrected chi connectivity index (χ1v) is 7.84. The van der Waals surface area contributed by atoms with Gasteiger partial charge in [-0.3, -0.25) is 4.79 Å². The smallest absolute Gasteiger partial charge is 0.340 e. The summed E-state index contributed by atoms with van der Waals surface area (Å²) in [5.74, 6) is -1.31. The first kappa shape index (κ1) is 17.7. The molecule has 0 fully saturated rings. The van der Waals surface area contributed by atoms with Gasteiger partial charge in [0.1, 0.15) is 0 Å². The number of anilines is 1. The SMILES string of the molecule is CCc1ccc(NC(=O)[C@@H](C)OC(=O)[C@@H](O)c2ccccc2)cc1. The number of aliphatic hydroxyl groups excluding tert-OH is 1. The van der Waals surface area contributed by atoms with Gasteiger partial charge in [0.05, 0.1) is 0 Å². The molecule has 0 aromatic heterocycles. The Hall–Kier alpha value is -2.66. The Balaban J connectivity index is 1.91. The number of aryl methyl sites for hydroxylation is 1. The topological polar surface area (TPSA) is 75.6 Å². The van der Waals surface area contributed by atoms with Crippen LogP contribution in [0.4, 0.5) is 5.69 Å². The van der Waals surface area contributed by atoms with Crippen LogP contribution in [-0.2, 0) is 20.7 Å². The van der Waals surface area contributed by atoms with Gasteiger partial charge in [-0.2, -0.15) is 0 Å². The zero-order valence-electron chi connectivity index (χ0n) is 13.7. The van der Waals surface area contributed by atoms with E-state index in [4.69, 9.17) is 4.74 Å². The summed E-state index contributed by atoms with van der Waals surface area (Å²) >= 11 is 0. The van der Waals surface area contributed by atoms with Crippen LogP contribution in [0.3, 0.4) is 0 Å². The van der Waals surface area contributed by atoms with Gasteiger partial charge in [-0.25, -0.2) is 4.79 Å². The predicted molar refractivity (Wildman–Crippen MR) is 91.4 cm³/mol. The molecule has 24 heavy (non-hydrogen) atoms. The molecule has 2 N–H and O–H groups in total. The number of benzene rings is 2. The van der Waals surface area contributed by atoms with Crippen molar-refractivity contribution in [2.75, 3.05) is 5.32 Å². The van der Waals surface area contributed by atoms with Crippen molar-refractivity contribution in [1.82, 2.24) is 0 Å². The van der Waals surface area contributed by atoms with Crippen molar-refractivity contribution >= 4 is 17.6 Å². The fraction of sp³-hybridized carbons (Fsp3) is 0.263. The van der Waals surface area contributed by atoms with Gasteiger partial charge in [-0.15, -0.1) is 0 Å². The molecular weight excluding hydrogens is 306 g/mol. The van der Waals surface area contributed by atoms with Crippen molar-refractivity contribution in [3.8, 4) is 0 Å². The molecule has 2 rings (SSSR count). The quantitative estimate of drug-likeness (QED) is 0.800. The highest BCUT2D eigenvalue weighted by atomic mass is 16.6. The zero-order chi connectivity index (χ0) is 17.5. The van der Waals surface area contributed by atoms with Gasteiger partial charge >= 0.3 is 5.97 Å². The van der Waals surface area contributed by atoms with Crippen molar-refractivity contribution in [2.24, 2.45) is 0 Å². The third-order valence-corrected chi connectivity index (χ3v) is 3.63. The monoisotopic (exact) mass is 327 g/mol. The standard InChI is InChI=1S/C19H21NO4/c1-3-14-9-11-16(12-10-14)20-18(22)13(2)24-19(23)17(21)15-7-5-4-6-8-15/h4-13,17,21H,3H2,1-2H3,(H,20,22)/t13-,17+/m1/s1. The maximum atomic E-state index is 12.1. The lowest BCUT2D eigenvalue weighted by Crippen LogP contribution is -2.31. The molecule has 5 nitrogen and oxygen atoms in total. The second-order valence-electron chi connectivity index (χ2n) is 5.43. The fourth-order valence-electron chi connectivity index (χ4n) is 2.13. The van der Waals surface area contributed by atoms with Crippen LogP contribution < -0.4 is 5.32 Å². The average molecular weight is 327 g/mol. The van der Waals surface area contributed by atoms with Gasteiger partial charge in [0.25, 0.3) is 5.91 Å². The molecule has 0 unspecified atom stereocenters. The van der Waals surface area contributed by atoms with Crippen LogP contribution in [0.5, 0.6) is 0 Å². The lowest BCUT2D eigenvalue weighted by atomic mass is 10.1. The molecule has 0 heterocycles. The molecule has 0 aliphatic rings. The Kier molecular flexibility index (Phi) is 6.09. The van der Waals surface area contributed by atoms with E-state index >= 15 is 0 Å². The Bertz CT molecular complexity index is 682. The van der Waals surface area contributed by atoms with Crippen LogP contribution in [-0.4, -0.2) is 23.1 Å². The van der Waals surface area contributed by atoms with Gasteiger partial charge in [0, 0.05) is 5.69 Å². The molecule has 2 aromatic rings. The van der Waals surface area contributed by atoms with E-state index in [-0.39, 0.29) is 0 Å². The van der Waals surface area contributed by atoms with Crippen molar-refractivity contribution in [2.45, 2.75) is 32.5 Å². The first-order valence-electron chi connectivity index (χ1n) is 7.84. The van der Waals surface area contributed by atoms with E-state index < -0.39 is 24.1 Å². The van der Waals surface area contributed by atoms with Gasteiger partial charge in [0.2, 0.25) is 0 Å². The Morgan fingerprint density at radius 1 is 1.08 bits per heavy atom. The molecule has 0 radical (unpaired) electrons. The number of hydrogen-bond acceptors (Lipinski definition) is 4. The van der Waals surface area contributed by atoms with Crippen molar-refractivity contribution in [1.29, 1.82) is 0 Å². The van der Waals surface area contributed by atoms with Gasteiger partial charge in [-0.05, 0) is 36.6 Å². The molecule has 2 atom stereocenters. The summed E-state index contributed by atoms with van der Waals surface area (Å²) in [6, 6.07) is 15.9. The molecular formula is C19H21NO4. The Morgan fingerprint density at radius 2 is 1.71 bits per heavy atom. The molecule has 0 spiro atoms. The number of nitrogens with one attached hydrogen (secondary N) is 1. The molecule has 0 saturated carbocycles. The molecule has 1 amide bonds. The van der Waals surface area contributed by atoms with Crippen molar-refractivity contribution in [3.05, 3.63) is 65.7 Å². The lowest BCUT2D eigenvalue weighted by molar-refractivity contribution is -0.162. The third kappa shape index (κ3) is 4.67. The van der Waals surface area contributed by atoms with Gasteiger partial charge in [0.15, 0.2) is 12.2 Å². The third-order valence-electron chi connectivity index (χ3n) is 3.63. The van der Waals surface area contributed by atoms with Crippen LogP contribution in [0.25, 0.3) is 0 Å². The van der Waals surface area contributed by atoms with Crippen LogP contribution in [0.15, 0.2) is 54.6 Å². The summed E-state index contributed by atoms with van der Waals surface area (Å²) in [5, 5.41) is 12.6. The van der Waals surface area contributed by atoms with Gasteiger partial charge in [-0.1, -0.05) is 49.4 Å². The minimum atomic E-state index is -1.41. The first-order chi connectivity index (χ1) is 11.5. The predicted octanol–water partition coefficient (Wildman–Crippen LogP) is 2.85. The van der Waals surface area contributed by atoms with Crippen LogP contribution in [0, 0.1) is 0 Å². The fourth-order valence-corrected chi connectivity index (χ4v) is 2.13. The van der Waals surface area contributed by atoms with Crippen molar-refractivity contribution in [3.63, 3.8) is 0 Å². The number of hydrogen-bond donors (Lipinski definition) is 2. The summed E-state index contributed by atoms with van der Waals surface area (Å²) in [4.78, 5) is 24.0. The Labute approximate surface area is 141 Å². The van der Waals surface area contributed by atoms with Crippen LogP contribution >= 0.6 is 0 Å². The summed E-state index contributed by atoms with van der Waals surface area (Å²) in [6.45, 7) is 3.51. The number of rotatable bonds is 6. The molecule has 2 aromatic carbocycles. The molecule has 0 aliphatic heterocycles. The maximum Gasteiger partial charge on any atom is 0.340 e. The molecule has 126 valence electrons. The molecule has 5 heteroatoms. The van der Waals surface area contributed by atoms with Crippen LogP contribution in [0.2, 0.25) is 0 Å². The molecule has 0 saturated heterocycles. The highest BCUT2D eigenvalue weighted by molar-refractivity contribution is 5.95. The second-order valence-corrected chi connectivity index (χ2v) is 5.43. The minimum Gasteiger partial charge on any atom is -0.450 e. The molecule has 0 bridgehead atoms. The van der Waals surface area contributed by atoms with E-state index in [1.54, 1.807) is 42.5 Å². The summed E-state index contributed by atoms with van der Waals surface area (Å²) in [5.41, 5.74) is 2.22. The highest BCUT2D eigenvalue weighted by Gasteiger charge is 2.24. The van der Waals surface area contributed by atoms with E-state index in [9.17, 15) is 14.7 Å². The number of ether oxygens (including phenoxy) is 1. The lowest BCUT2D eigenvalue weighted by Gasteiger charge is -2.16. The van der Waals surface area contributed by atoms with E-state index in [1.165, 1.54) is 12.5 Å². The largest absolute Gasteiger partial charge is 0.450 e. The van der Waals surface area contributed by atoms with Crippen LogP contribution in [0.1, 0.15) is 31.1 Å². The van der Waals surface area contributed by atoms with Crippen molar-refractivity contribution < 1.29 is 19.4 Å². The molecule has 0 aliphatic carbocycles. The average Bonchev–Trinajstić information content (AvgIpc) is 2.62. The van der Waals surface area contributed by atoms with E-state index in [1.807, 2.05) is 19.1 Å². The minimum absolute atomic E-state index is 0.422. The van der Waals surface area contributed by atoms with E-state index in [0.717, 1.165) is 6.42 Å². The van der Waals surface area contributed by atoms with E-state index in [2.05, 4.69) is 5.32 Å². The number of carbonyl (C=O) groups is 2. The summed E-state index contributed by atoms with van der Waals surface area (Å²) < 4.78 is 5.04. The number of esters is 1. The number of amides is 1. The number of carbonyl (C=O) groups excluding carboxylic acids is 2. The summed E-state index contributed by atoms with van der Waals surface area (Å²) in [7, 11) is 0. The van der Waals surface area contributed by atoms with E-state index in [0.29, 0.717) is 11.3 Å². The maximum absolute atomic E-state index is 12.1. The number of aliphatic hydroxyl groups is 1.